The second kappa shape index (κ2) is 6.95. The SMILES string of the molecule is C=CCON=C(c1ccc(Br)cc1)C(F)n1cncn1. The summed E-state index contributed by atoms with van der Waals surface area (Å²) in [6.45, 7) is 3.71. The Balaban J connectivity index is 2.31. The number of halogens is 2. The van der Waals surface area contributed by atoms with Crippen LogP contribution in [-0.4, -0.2) is 27.1 Å². The highest BCUT2D eigenvalue weighted by molar-refractivity contribution is 9.10. The molecule has 1 aromatic heterocycles. The third kappa shape index (κ3) is 3.51. The predicted octanol–water partition coefficient (Wildman–Crippen LogP) is 3.12. The molecule has 1 unspecified atom stereocenters. The normalized spacial score (nSPS) is 13.0. The Bertz CT molecular complexity index is 583. The van der Waals surface area contributed by atoms with Gasteiger partial charge in [0.05, 0.1) is 0 Å². The summed E-state index contributed by atoms with van der Waals surface area (Å²) in [5.41, 5.74) is 0.713. The van der Waals surface area contributed by atoms with Crippen LogP contribution in [0.4, 0.5) is 4.39 Å². The van der Waals surface area contributed by atoms with Crippen LogP contribution in [0.25, 0.3) is 0 Å². The van der Waals surface area contributed by atoms with Crippen molar-refractivity contribution in [1.29, 1.82) is 0 Å². The van der Waals surface area contributed by atoms with Gasteiger partial charge in [-0.3, -0.25) is 0 Å². The molecule has 0 N–H and O–H groups in total. The van der Waals surface area contributed by atoms with Crippen molar-refractivity contribution >= 4 is 21.6 Å². The van der Waals surface area contributed by atoms with Crippen LogP contribution in [0.15, 0.2) is 59.2 Å². The van der Waals surface area contributed by atoms with Crippen molar-refractivity contribution in [1.82, 2.24) is 14.8 Å². The first-order chi connectivity index (χ1) is 9.72. The lowest BCUT2D eigenvalue weighted by Crippen LogP contribution is -2.17. The predicted molar refractivity (Wildman–Crippen MR) is 77.0 cm³/mol. The van der Waals surface area contributed by atoms with Gasteiger partial charge in [-0.2, -0.15) is 5.10 Å². The molecule has 1 heterocycles. The average molecular weight is 339 g/mol. The molecule has 0 amide bonds. The Morgan fingerprint density at radius 3 is 2.85 bits per heavy atom. The molecular weight excluding hydrogens is 327 g/mol. The zero-order valence-electron chi connectivity index (χ0n) is 10.5. The van der Waals surface area contributed by atoms with E-state index in [4.69, 9.17) is 4.84 Å². The highest BCUT2D eigenvalue weighted by Crippen LogP contribution is 2.18. The molecule has 7 heteroatoms. The van der Waals surface area contributed by atoms with E-state index in [0.29, 0.717) is 5.56 Å². The average Bonchev–Trinajstić information content (AvgIpc) is 2.98. The van der Waals surface area contributed by atoms with Crippen molar-refractivity contribution in [3.63, 3.8) is 0 Å². The lowest BCUT2D eigenvalue weighted by Gasteiger charge is -2.11. The number of hydrogen-bond acceptors (Lipinski definition) is 4. The molecule has 0 aliphatic heterocycles. The van der Waals surface area contributed by atoms with Gasteiger partial charge < -0.3 is 4.84 Å². The topological polar surface area (TPSA) is 52.3 Å². The van der Waals surface area contributed by atoms with E-state index in [2.05, 4.69) is 37.7 Å². The van der Waals surface area contributed by atoms with Gasteiger partial charge in [0.2, 0.25) is 6.30 Å². The molecule has 0 saturated heterocycles. The molecule has 0 spiro atoms. The lowest BCUT2D eigenvalue weighted by molar-refractivity contribution is 0.168. The molecule has 0 fully saturated rings. The Morgan fingerprint density at radius 1 is 1.50 bits per heavy atom. The van der Waals surface area contributed by atoms with E-state index in [1.807, 2.05) is 0 Å². The summed E-state index contributed by atoms with van der Waals surface area (Å²) in [6, 6.07) is 7.08. The summed E-state index contributed by atoms with van der Waals surface area (Å²) in [5.74, 6) is 0. The smallest absolute Gasteiger partial charge is 0.239 e. The third-order valence-electron chi connectivity index (χ3n) is 2.39. The van der Waals surface area contributed by atoms with Gasteiger partial charge in [-0.1, -0.05) is 45.9 Å². The van der Waals surface area contributed by atoms with Crippen LogP contribution in [0.1, 0.15) is 11.9 Å². The van der Waals surface area contributed by atoms with E-state index in [1.54, 1.807) is 24.3 Å². The minimum atomic E-state index is -1.58. The maximum Gasteiger partial charge on any atom is 0.239 e. The Labute approximate surface area is 123 Å². The Morgan fingerprint density at radius 2 is 2.25 bits per heavy atom. The third-order valence-corrected chi connectivity index (χ3v) is 2.92. The van der Waals surface area contributed by atoms with Gasteiger partial charge in [-0.15, -0.1) is 0 Å². The first-order valence-corrected chi connectivity index (χ1v) is 6.56. The van der Waals surface area contributed by atoms with Crippen LogP contribution in [0.5, 0.6) is 0 Å². The summed E-state index contributed by atoms with van der Waals surface area (Å²) >= 11 is 3.33. The van der Waals surface area contributed by atoms with Gasteiger partial charge >= 0.3 is 0 Å². The van der Waals surface area contributed by atoms with Gasteiger partial charge in [0, 0.05) is 10.0 Å². The molecule has 1 aromatic carbocycles. The fourth-order valence-corrected chi connectivity index (χ4v) is 1.74. The van der Waals surface area contributed by atoms with E-state index in [1.165, 1.54) is 18.7 Å². The number of benzene rings is 1. The van der Waals surface area contributed by atoms with Crippen molar-refractivity contribution in [2.75, 3.05) is 6.61 Å². The van der Waals surface area contributed by atoms with Gasteiger partial charge in [-0.05, 0) is 12.1 Å². The van der Waals surface area contributed by atoms with Crippen LogP contribution in [0.3, 0.4) is 0 Å². The summed E-state index contributed by atoms with van der Waals surface area (Å²) in [7, 11) is 0. The molecule has 2 rings (SSSR count). The summed E-state index contributed by atoms with van der Waals surface area (Å²) in [4.78, 5) is 8.73. The molecule has 0 saturated carbocycles. The van der Waals surface area contributed by atoms with Gasteiger partial charge in [0.15, 0.2) is 0 Å². The lowest BCUT2D eigenvalue weighted by atomic mass is 10.1. The Hall–Kier alpha value is -2.02. The van der Waals surface area contributed by atoms with E-state index in [0.717, 1.165) is 9.15 Å². The summed E-state index contributed by atoms with van der Waals surface area (Å²) in [6.07, 6.45) is 2.50. The second-order valence-electron chi connectivity index (χ2n) is 3.78. The fraction of sp³-hybridized carbons (Fsp3) is 0.154. The van der Waals surface area contributed by atoms with E-state index >= 15 is 0 Å². The minimum absolute atomic E-state index is 0.116. The molecule has 0 bridgehead atoms. The summed E-state index contributed by atoms with van der Waals surface area (Å²) < 4.78 is 16.4. The van der Waals surface area contributed by atoms with Crippen LogP contribution in [-0.2, 0) is 4.84 Å². The minimum Gasteiger partial charge on any atom is -0.391 e. The summed E-state index contributed by atoms with van der Waals surface area (Å²) in [5, 5.41) is 7.61. The monoisotopic (exact) mass is 338 g/mol. The fourth-order valence-electron chi connectivity index (χ4n) is 1.47. The number of nitrogens with zero attached hydrogens (tertiary/aromatic N) is 4. The highest BCUT2D eigenvalue weighted by Gasteiger charge is 2.20. The zero-order valence-corrected chi connectivity index (χ0v) is 12.1. The second-order valence-corrected chi connectivity index (χ2v) is 4.69. The first-order valence-electron chi connectivity index (χ1n) is 5.77. The molecule has 2 aromatic rings. The van der Waals surface area contributed by atoms with E-state index < -0.39 is 6.30 Å². The molecular formula is C13H12BrFN4O. The Kier molecular flexibility index (Phi) is 5.00. The van der Waals surface area contributed by atoms with Crippen molar-refractivity contribution in [2.45, 2.75) is 6.30 Å². The molecule has 5 nitrogen and oxygen atoms in total. The molecule has 1 atom stereocenters. The number of oxime groups is 1. The maximum atomic E-state index is 14.5. The number of aromatic nitrogens is 3. The van der Waals surface area contributed by atoms with E-state index in [-0.39, 0.29) is 12.3 Å². The molecule has 20 heavy (non-hydrogen) atoms. The van der Waals surface area contributed by atoms with Gasteiger partial charge in [0.25, 0.3) is 0 Å². The van der Waals surface area contributed by atoms with Crippen molar-refractivity contribution in [3.05, 3.63) is 59.6 Å². The van der Waals surface area contributed by atoms with E-state index in [9.17, 15) is 4.39 Å². The standard InChI is InChI=1S/C13H12BrFN4O/c1-2-7-20-18-12(10-3-5-11(14)6-4-10)13(15)19-9-16-8-17-19/h2-6,8-9,13H,1,7H2. The van der Waals surface area contributed by atoms with Crippen molar-refractivity contribution in [3.8, 4) is 0 Å². The largest absolute Gasteiger partial charge is 0.391 e. The van der Waals surface area contributed by atoms with Crippen LogP contribution in [0, 0.1) is 0 Å². The molecule has 0 aliphatic rings. The first kappa shape index (κ1) is 14.4. The van der Waals surface area contributed by atoms with Gasteiger partial charge in [0.1, 0.15) is 25.0 Å². The van der Waals surface area contributed by atoms with Crippen molar-refractivity contribution in [2.24, 2.45) is 5.16 Å². The van der Waals surface area contributed by atoms with Crippen LogP contribution < -0.4 is 0 Å². The van der Waals surface area contributed by atoms with Crippen LogP contribution in [0.2, 0.25) is 0 Å². The molecule has 0 aliphatic carbocycles. The van der Waals surface area contributed by atoms with Gasteiger partial charge in [-0.25, -0.2) is 14.1 Å². The zero-order chi connectivity index (χ0) is 14.4. The molecule has 0 radical (unpaired) electrons. The highest BCUT2D eigenvalue weighted by atomic mass is 79.9. The van der Waals surface area contributed by atoms with Crippen molar-refractivity contribution < 1.29 is 9.23 Å². The molecule has 104 valence electrons. The number of alkyl halides is 1. The quantitative estimate of drug-likeness (QED) is 0.352. The number of rotatable bonds is 6. The maximum absolute atomic E-state index is 14.5. The van der Waals surface area contributed by atoms with Crippen LogP contribution >= 0.6 is 15.9 Å². The number of hydrogen-bond donors (Lipinski definition) is 0.